The molecular weight excluding hydrogens is 174 g/mol. The fourth-order valence-corrected chi connectivity index (χ4v) is 1.44. The lowest BCUT2D eigenvalue weighted by Gasteiger charge is -2.32. The summed E-state index contributed by atoms with van der Waals surface area (Å²) in [7, 11) is 0. The molecule has 0 aromatic rings. The Bertz CT molecular complexity index is 107. The van der Waals surface area contributed by atoms with Gasteiger partial charge in [0.2, 0.25) is 0 Å². The van der Waals surface area contributed by atoms with Crippen LogP contribution in [0.25, 0.3) is 0 Å². The maximum absolute atomic E-state index is 4.70. The fraction of sp³-hybridized carbons (Fsp3) is 1.00. The summed E-state index contributed by atoms with van der Waals surface area (Å²) in [6.45, 7) is 8.59. The third kappa shape index (κ3) is 4.99. The molecule has 0 aromatic heterocycles. The Morgan fingerprint density at radius 3 is 1.27 bits per heavy atom. The van der Waals surface area contributed by atoms with Crippen LogP contribution in [0.3, 0.4) is 0 Å². The molecule has 11 heavy (non-hydrogen) atoms. The molecule has 0 aliphatic heterocycles. The predicted molar refractivity (Wildman–Crippen MR) is 57.3 cm³/mol. The van der Waals surface area contributed by atoms with Crippen molar-refractivity contribution in [2.45, 2.75) is 37.4 Å². The van der Waals surface area contributed by atoms with E-state index in [1.165, 1.54) is 0 Å². The van der Waals surface area contributed by atoms with Crippen LogP contribution in [-0.2, 0) is 0 Å². The average molecular weight is 192 g/mol. The molecule has 0 bridgehead atoms. The van der Waals surface area contributed by atoms with Gasteiger partial charge in [0.25, 0.3) is 0 Å². The summed E-state index contributed by atoms with van der Waals surface area (Å²) in [6, 6.07) is 0. The quantitative estimate of drug-likeness (QED) is 0.680. The zero-order valence-corrected chi connectivity index (χ0v) is 9.90. The highest BCUT2D eigenvalue weighted by molar-refractivity contribution is 8.00. The van der Waals surface area contributed by atoms with E-state index < -0.39 is 0 Å². The summed E-state index contributed by atoms with van der Waals surface area (Å²) in [5.74, 6) is 0. The number of hydrogen-bond acceptors (Lipinski definition) is 2. The molecule has 0 spiro atoms. The summed E-state index contributed by atoms with van der Waals surface area (Å²) in [5, 5.41) is 4.70. The standard InChI is InChI=1S/C8H18NS2/c1-7(2,10-5)9-8(3,4)11-6/h1-6H3. The van der Waals surface area contributed by atoms with E-state index in [1.807, 2.05) is 0 Å². The third-order valence-corrected chi connectivity index (χ3v) is 3.72. The van der Waals surface area contributed by atoms with Gasteiger partial charge >= 0.3 is 0 Å². The van der Waals surface area contributed by atoms with Crippen LogP contribution in [0.5, 0.6) is 0 Å². The van der Waals surface area contributed by atoms with Crippen molar-refractivity contribution in [2.24, 2.45) is 0 Å². The molecule has 1 radical (unpaired) electrons. The van der Waals surface area contributed by atoms with Gasteiger partial charge in [-0.3, -0.25) is 0 Å². The lowest BCUT2D eigenvalue weighted by atomic mass is 10.3. The van der Waals surface area contributed by atoms with E-state index in [9.17, 15) is 0 Å². The Morgan fingerprint density at radius 2 is 1.09 bits per heavy atom. The Balaban J connectivity index is 4.02. The summed E-state index contributed by atoms with van der Waals surface area (Å²) >= 11 is 3.58. The second-order valence-electron chi connectivity index (χ2n) is 3.41. The molecule has 0 saturated heterocycles. The van der Waals surface area contributed by atoms with Gasteiger partial charge in [0.1, 0.15) is 0 Å². The van der Waals surface area contributed by atoms with Crippen molar-refractivity contribution in [3.8, 4) is 0 Å². The maximum Gasteiger partial charge on any atom is 0.0764 e. The molecule has 0 N–H and O–H groups in total. The monoisotopic (exact) mass is 192 g/mol. The average Bonchev–Trinajstić information content (AvgIpc) is 1.86. The summed E-state index contributed by atoms with van der Waals surface area (Å²) < 4.78 is 0. The van der Waals surface area contributed by atoms with Crippen LogP contribution in [0.4, 0.5) is 0 Å². The minimum Gasteiger partial charge on any atom is -0.208 e. The molecule has 0 fully saturated rings. The van der Waals surface area contributed by atoms with E-state index >= 15 is 0 Å². The Kier molecular flexibility index (Phi) is 4.30. The predicted octanol–water partition coefficient (Wildman–Crippen LogP) is 2.79. The summed E-state index contributed by atoms with van der Waals surface area (Å²) in [4.78, 5) is 0.0963. The number of rotatable bonds is 4. The Hall–Kier alpha value is 0.660. The number of hydrogen-bond donors (Lipinski definition) is 0. The molecular formula is C8H18NS2. The Labute approximate surface area is 79.1 Å². The van der Waals surface area contributed by atoms with E-state index in [-0.39, 0.29) is 9.74 Å². The van der Waals surface area contributed by atoms with Crippen LogP contribution < -0.4 is 5.32 Å². The van der Waals surface area contributed by atoms with Crippen LogP contribution >= 0.6 is 23.5 Å². The van der Waals surface area contributed by atoms with Gasteiger partial charge in [-0.15, -0.1) is 23.5 Å². The van der Waals surface area contributed by atoms with Crippen LogP contribution in [0.15, 0.2) is 0 Å². The van der Waals surface area contributed by atoms with Crippen LogP contribution in [0.2, 0.25) is 0 Å². The van der Waals surface area contributed by atoms with E-state index in [0.29, 0.717) is 0 Å². The highest BCUT2D eigenvalue weighted by Gasteiger charge is 2.27. The van der Waals surface area contributed by atoms with Crippen molar-refractivity contribution in [3.05, 3.63) is 0 Å². The largest absolute Gasteiger partial charge is 0.208 e. The van der Waals surface area contributed by atoms with Gasteiger partial charge in [0, 0.05) is 0 Å². The van der Waals surface area contributed by atoms with Crippen molar-refractivity contribution in [1.82, 2.24) is 5.32 Å². The maximum atomic E-state index is 4.70. The van der Waals surface area contributed by atoms with E-state index in [0.717, 1.165) is 0 Å². The van der Waals surface area contributed by atoms with Gasteiger partial charge < -0.3 is 0 Å². The van der Waals surface area contributed by atoms with Crippen molar-refractivity contribution < 1.29 is 0 Å². The van der Waals surface area contributed by atoms with E-state index in [4.69, 9.17) is 5.32 Å². The van der Waals surface area contributed by atoms with Crippen LogP contribution in [0.1, 0.15) is 27.7 Å². The summed E-state index contributed by atoms with van der Waals surface area (Å²) in [6.07, 6.45) is 4.19. The molecule has 0 heterocycles. The molecule has 67 valence electrons. The van der Waals surface area contributed by atoms with Gasteiger partial charge in [-0.1, -0.05) is 0 Å². The van der Waals surface area contributed by atoms with E-state index in [2.05, 4.69) is 40.2 Å². The molecule has 0 rings (SSSR count). The lowest BCUT2D eigenvalue weighted by Crippen LogP contribution is -2.41. The minimum atomic E-state index is 0.0481. The smallest absolute Gasteiger partial charge is 0.0764 e. The number of thioether (sulfide) groups is 2. The van der Waals surface area contributed by atoms with Crippen LogP contribution in [-0.4, -0.2) is 22.3 Å². The van der Waals surface area contributed by atoms with Gasteiger partial charge in [-0.05, 0) is 40.2 Å². The normalized spacial score (nSPS) is 13.6. The highest BCUT2D eigenvalue weighted by atomic mass is 32.2. The first kappa shape index (κ1) is 11.7. The van der Waals surface area contributed by atoms with Gasteiger partial charge in [0.05, 0.1) is 9.74 Å². The topological polar surface area (TPSA) is 14.1 Å². The van der Waals surface area contributed by atoms with Crippen molar-refractivity contribution >= 4 is 23.5 Å². The first-order chi connectivity index (χ1) is 4.83. The molecule has 3 heteroatoms. The molecule has 1 nitrogen and oxygen atoms in total. The second-order valence-corrected chi connectivity index (χ2v) is 6.23. The fourth-order valence-electron chi connectivity index (χ4n) is 0.740. The number of nitrogens with zero attached hydrogens (tertiary/aromatic N) is 1. The molecule has 0 aliphatic rings. The third-order valence-electron chi connectivity index (χ3n) is 1.54. The zero-order chi connectivity index (χ0) is 9.12. The second kappa shape index (κ2) is 4.06. The molecule has 0 unspecified atom stereocenters. The molecule has 0 saturated carbocycles. The Morgan fingerprint density at radius 1 is 0.818 bits per heavy atom. The molecule has 0 aromatic carbocycles. The zero-order valence-electron chi connectivity index (χ0n) is 8.26. The molecule has 0 aliphatic carbocycles. The van der Waals surface area contributed by atoms with Crippen molar-refractivity contribution in [3.63, 3.8) is 0 Å². The molecule has 0 amide bonds. The SMILES string of the molecule is CSC(C)(C)[N]C(C)(C)SC. The van der Waals surface area contributed by atoms with Crippen LogP contribution in [0, 0.1) is 0 Å². The first-order valence-corrected chi connectivity index (χ1v) is 6.12. The van der Waals surface area contributed by atoms with Gasteiger partial charge in [0.15, 0.2) is 0 Å². The van der Waals surface area contributed by atoms with Crippen molar-refractivity contribution in [2.75, 3.05) is 12.5 Å². The van der Waals surface area contributed by atoms with E-state index in [1.54, 1.807) is 23.5 Å². The first-order valence-electron chi connectivity index (χ1n) is 3.67. The van der Waals surface area contributed by atoms with Gasteiger partial charge in [-0.25, -0.2) is 5.32 Å². The minimum absolute atomic E-state index is 0.0481. The lowest BCUT2D eigenvalue weighted by molar-refractivity contribution is 0.438. The molecule has 0 atom stereocenters. The van der Waals surface area contributed by atoms with Gasteiger partial charge in [-0.2, -0.15) is 0 Å². The highest BCUT2D eigenvalue weighted by Crippen LogP contribution is 2.28. The summed E-state index contributed by atoms with van der Waals surface area (Å²) in [5.41, 5.74) is 0. The van der Waals surface area contributed by atoms with Crippen molar-refractivity contribution in [1.29, 1.82) is 0 Å².